The molecule has 1 aromatic rings. The summed E-state index contributed by atoms with van der Waals surface area (Å²) in [5, 5.41) is 3.10. The Bertz CT molecular complexity index is 516. The number of nitrogens with one attached hydrogen (secondary N) is 1. The van der Waals surface area contributed by atoms with Crippen molar-refractivity contribution >= 4 is 18.3 Å². The summed E-state index contributed by atoms with van der Waals surface area (Å²) in [5.74, 6) is -1.44. The molecule has 1 aliphatic rings. The first-order chi connectivity index (χ1) is 10.0. The molecule has 1 amide bonds. The maximum absolute atomic E-state index is 13.1. The second-order valence-corrected chi connectivity index (χ2v) is 5.33. The highest BCUT2D eigenvalue weighted by Gasteiger charge is 2.29. The molecule has 0 saturated carbocycles. The van der Waals surface area contributed by atoms with E-state index in [1.807, 2.05) is 7.05 Å². The zero-order valence-electron chi connectivity index (χ0n) is 12.6. The van der Waals surface area contributed by atoms with E-state index in [4.69, 9.17) is 4.74 Å². The van der Waals surface area contributed by atoms with Crippen LogP contribution in [0.5, 0.6) is 5.75 Å². The third-order valence-electron chi connectivity index (χ3n) is 3.64. The van der Waals surface area contributed by atoms with E-state index in [0.717, 1.165) is 25.1 Å². The van der Waals surface area contributed by atoms with Crippen LogP contribution >= 0.6 is 12.4 Å². The van der Waals surface area contributed by atoms with E-state index in [0.29, 0.717) is 19.0 Å². The van der Waals surface area contributed by atoms with Crippen LogP contribution < -0.4 is 10.1 Å². The molecule has 124 valence electrons. The maximum Gasteiger partial charge on any atom is 0.263 e. The van der Waals surface area contributed by atoms with Crippen molar-refractivity contribution in [2.75, 3.05) is 26.7 Å². The largest absolute Gasteiger partial charge is 0.481 e. The second kappa shape index (κ2) is 8.29. The maximum atomic E-state index is 13.1. The first-order valence-electron chi connectivity index (χ1n) is 7.06. The predicted octanol–water partition coefficient (Wildman–Crippen LogP) is 2.22. The number of carbonyl (C=O) groups excluding carboxylic acids is 1. The molecule has 1 N–H and O–H groups in total. The number of carbonyl (C=O) groups is 1. The van der Waals surface area contributed by atoms with E-state index >= 15 is 0 Å². The first-order valence-corrected chi connectivity index (χ1v) is 7.06. The second-order valence-electron chi connectivity index (χ2n) is 5.33. The van der Waals surface area contributed by atoms with Crippen LogP contribution in [0.4, 0.5) is 8.78 Å². The minimum Gasteiger partial charge on any atom is -0.481 e. The lowest BCUT2D eigenvalue weighted by Gasteiger charge is -2.22. The average molecular weight is 335 g/mol. The summed E-state index contributed by atoms with van der Waals surface area (Å²) in [7, 11) is 1.89. The molecule has 0 aromatic heterocycles. The van der Waals surface area contributed by atoms with Crippen molar-refractivity contribution < 1.29 is 18.3 Å². The lowest BCUT2D eigenvalue weighted by molar-refractivity contribution is -0.137. The Morgan fingerprint density at radius 1 is 1.45 bits per heavy atom. The summed E-state index contributed by atoms with van der Waals surface area (Å²) in [6.45, 7) is 3.90. The fourth-order valence-electron chi connectivity index (χ4n) is 2.55. The third kappa shape index (κ3) is 4.55. The van der Waals surface area contributed by atoms with Gasteiger partial charge in [-0.25, -0.2) is 8.78 Å². The van der Waals surface area contributed by atoms with Gasteiger partial charge in [0.05, 0.1) is 0 Å². The summed E-state index contributed by atoms with van der Waals surface area (Å²) in [5.41, 5.74) is 0. The molecule has 7 heteroatoms. The van der Waals surface area contributed by atoms with Crippen molar-refractivity contribution in [1.29, 1.82) is 0 Å². The molecule has 2 rings (SSSR count). The van der Waals surface area contributed by atoms with Crippen molar-refractivity contribution in [3.63, 3.8) is 0 Å². The van der Waals surface area contributed by atoms with E-state index in [2.05, 4.69) is 5.32 Å². The number of hydrogen-bond acceptors (Lipinski definition) is 3. The number of benzene rings is 1. The molecule has 1 aliphatic heterocycles. The van der Waals surface area contributed by atoms with Gasteiger partial charge in [-0.1, -0.05) is 0 Å². The summed E-state index contributed by atoms with van der Waals surface area (Å²) >= 11 is 0. The van der Waals surface area contributed by atoms with Gasteiger partial charge < -0.3 is 15.0 Å². The molecule has 1 heterocycles. The minimum atomic E-state index is -0.984. The summed E-state index contributed by atoms with van der Waals surface area (Å²) in [4.78, 5) is 14.0. The Balaban J connectivity index is 0.00000242. The number of halogens is 3. The summed E-state index contributed by atoms with van der Waals surface area (Å²) in [6, 6.07) is 3.25. The van der Waals surface area contributed by atoms with Gasteiger partial charge in [0.25, 0.3) is 5.91 Å². The minimum absolute atomic E-state index is 0. The van der Waals surface area contributed by atoms with Crippen molar-refractivity contribution in [3.05, 3.63) is 29.8 Å². The van der Waals surface area contributed by atoms with Crippen molar-refractivity contribution in [3.8, 4) is 5.75 Å². The molecule has 1 fully saturated rings. The van der Waals surface area contributed by atoms with Gasteiger partial charge in [0, 0.05) is 19.2 Å². The smallest absolute Gasteiger partial charge is 0.263 e. The molecular formula is C15H21ClF2N2O2. The van der Waals surface area contributed by atoms with E-state index in [1.54, 1.807) is 11.8 Å². The average Bonchev–Trinajstić information content (AvgIpc) is 2.91. The van der Waals surface area contributed by atoms with Crippen molar-refractivity contribution in [2.45, 2.75) is 19.4 Å². The lowest BCUT2D eigenvalue weighted by Crippen LogP contribution is -2.39. The third-order valence-corrected chi connectivity index (χ3v) is 3.64. The normalized spacial score (nSPS) is 18.7. The van der Waals surface area contributed by atoms with Crippen LogP contribution in [0.2, 0.25) is 0 Å². The molecule has 4 nitrogen and oxygen atoms in total. The molecule has 1 aromatic carbocycles. The predicted molar refractivity (Wildman–Crippen MR) is 82.3 cm³/mol. The van der Waals surface area contributed by atoms with Gasteiger partial charge in [-0.2, -0.15) is 0 Å². The van der Waals surface area contributed by atoms with E-state index in [-0.39, 0.29) is 24.1 Å². The highest BCUT2D eigenvalue weighted by atomic mass is 35.5. The molecular weight excluding hydrogens is 314 g/mol. The number of nitrogens with zero attached hydrogens (tertiary/aromatic N) is 1. The lowest BCUT2D eigenvalue weighted by atomic mass is 10.1. The Hall–Kier alpha value is -1.40. The molecule has 2 atom stereocenters. The number of hydrogen-bond donors (Lipinski definition) is 1. The van der Waals surface area contributed by atoms with Gasteiger partial charge in [-0.05, 0) is 45.0 Å². The molecule has 2 unspecified atom stereocenters. The van der Waals surface area contributed by atoms with Crippen LogP contribution in [-0.4, -0.2) is 43.6 Å². The Labute approximate surface area is 135 Å². The van der Waals surface area contributed by atoms with E-state index < -0.39 is 17.7 Å². The van der Waals surface area contributed by atoms with Gasteiger partial charge >= 0.3 is 0 Å². The van der Waals surface area contributed by atoms with Crippen molar-refractivity contribution in [1.82, 2.24) is 10.2 Å². The van der Waals surface area contributed by atoms with Crippen molar-refractivity contribution in [2.24, 2.45) is 5.92 Å². The van der Waals surface area contributed by atoms with E-state index in [9.17, 15) is 13.6 Å². The number of ether oxygens (including phenoxy) is 1. The van der Waals surface area contributed by atoms with Gasteiger partial charge in [0.2, 0.25) is 0 Å². The van der Waals surface area contributed by atoms with Gasteiger partial charge in [-0.3, -0.25) is 4.79 Å². The zero-order chi connectivity index (χ0) is 15.4. The zero-order valence-corrected chi connectivity index (χ0v) is 13.5. The Morgan fingerprint density at radius 3 is 2.82 bits per heavy atom. The number of rotatable bonds is 5. The topological polar surface area (TPSA) is 41.6 Å². The monoisotopic (exact) mass is 334 g/mol. The van der Waals surface area contributed by atoms with Crippen LogP contribution in [-0.2, 0) is 4.79 Å². The first kappa shape index (κ1) is 18.6. The fourth-order valence-corrected chi connectivity index (χ4v) is 2.55. The van der Waals surface area contributed by atoms with Crippen LogP contribution in [0.1, 0.15) is 13.3 Å². The van der Waals surface area contributed by atoms with Crippen LogP contribution in [0.25, 0.3) is 0 Å². The van der Waals surface area contributed by atoms with Crippen LogP contribution in [0.15, 0.2) is 18.2 Å². The molecule has 0 bridgehead atoms. The Kier molecular flexibility index (Phi) is 7.03. The number of likely N-dealkylation sites (tertiary alicyclic amines) is 1. The highest BCUT2D eigenvalue weighted by Crippen LogP contribution is 2.20. The van der Waals surface area contributed by atoms with Gasteiger partial charge in [-0.15, -0.1) is 12.4 Å². The fraction of sp³-hybridized carbons (Fsp3) is 0.533. The van der Waals surface area contributed by atoms with Crippen LogP contribution in [0, 0.1) is 17.6 Å². The van der Waals surface area contributed by atoms with E-state index in [1.165, 1.54) is 6.07 Å². The molecule has 0 radical (unpaired) electrons. The van der Waals surface area contributed by atoms with Gasteiger partial charge in [0.15, 0.2) is 17.7 Å². The SMILES string of the molecule is CNCC1CCN(C(=O)C(C)Oc2ccc(F)c(F)c2)C1.Cl. The Morgan fingerprint density at radius 2 is 2.18 bits per heavy atom. The standard InChI is InChI=1S/C15H20F2N2O2.ClH/c1-10(21-12-3-4-13(16)14(17)7-12)15(20)19-6-5-11(9-19)8-18-2;/h3-4,7,10-11,18H,5-6,8-9H2,1-2H3;1H. The van der Waals surface area contributed by atoms with Crippen LogP contribution in [0.3, 0.4) is 0 Å². The van der Waals surface area contributed by atoms with Gasteiger partial charge in [0.1, 0.15) is 5.75 Å². The molecule has 22 heavy (non-hydrogen) atoms. The molecule has 0 aliphatic carbocycles. The highest BCUT2D eigenvalue weighted by molar-refractivity contribution is 5.85. The molecule has 1 saturated heterocycles. The number of amides is 1. The molecule has 0 spiro atoms. The quantitative estimate of drug-likeness (QED) is 0.897. The summed E-state index contributed by atoms with van der Waals surface area (Å²) < 4.78 is 31.4. The summed E-state index contributed by atoms with van der Waals surface area (Å²) in [6.07, 6.45) is 0.244.